The van der Waals surface area contributed by atoms with Gasteiger partial charge in [-0.05, 0) is 24.3 Å². The van der Waals surface area contributed by atoms with E-state index in [0.717, 1.165) is 4.09 Å². The molecule has 0 saturated heterocycles. The predicted octanol–water partition coefficient (Wildman–Crippen LogP) is 1.61. The fourth-order valence-corrected chi connectivity index (χ4v) is 5.05. The minimum atomic E-state index is -3.92. The molecule has 166 valence electrons. The van der Waals surface area contributed by atoms with Crippen LogP contribution >= 0.6 is 0 Å². The second-order valence-corrected chi connectivity index (χ2v) is 9.40. The summed E-state index contributed by atoms with van der Waals surface area (Å²) in [6.45, 7) is 1.34. The molecule has 2 aliphatic heterocycles. The smallest absolute Gasteiger partial charge is 0.283 e. The van der Waals surface area contributed by atoms with Crippen LogP contribution in [0.15, 0.2) is 53.6 Å². The largest absolute Gasteiger partial charge is 0.490 e. The van der Waals surface area contributed by atoms with Gasteiger partial charge < -0.3 is 20.7 Å². The van der Waals surface area contributed by atoms with E-state index < -0.39 is 27.8 Å². The molecule has 0 saturated carbocycles. The van der Waals surface area contributed by atoms with Crippen molar-refractivity contribution in [1.29, 1.82) is 0 Å². The standard InChI is InChI=1S/C21H20FN5O4S/c22-16-4-2-1-3-15(16)20(23)21(28)26-10-13-11-27(25-18(13)12-26)32(29,30)14-5-6-19-17(9-14)24-7-8-31-19/h1-6,9,11,20,24H,7-8,10,12,23H2. The van der Waals surface area contributed by atoms with E-state index in [0.29, 0.717) is 35.8 Å². The van der Waals surface area contributed by atoms with Crippen LogP contribution in [0, 0.1) is 5.82 Å². The van der Waals surface area contributed by atoms with Gasteiger partial charge in [-0.3, -0.25) is 4.79 Å². The highest BCUT2D eigenvalue weighted by molar-refractivity contribution is 7.89. The van der Waals surface area contributed by atoms with Gasteiger partial charge in [-0.2, -0.15) is 17.6 Å². The fraction of sp³-hybridized carbons (Fsp3) is 0.238. The molecule has 0 spiro atoms. The van der Waals surface area contributed by atoms with E-state index in [2.05, 4.69) is 10.4 Å². The van der Waals surface area contributed by atoms with E-state index >= 15 is 0 Å². The van der Waals surface area contributed by atoms with Crippen LogP contribution in [0.5, 0.6) is 5.75 Å². The maximum Gasteiger partial charge on any atom is 0.283 e. The van der Waals surface area contributed by atoms with E-state index in [1.807, 2.05) is 0 Å². The normalized spacial score (nSPS) is 16.0. The minimum absolute atomic E-state index is 0.0740. The van der Waals surface area contributed by atoms with Crippen molar-refractivity contribution in [3.05, 3.63) is 71.3 Å². The Morgan fingerprint density at radius 2 is 2.03 bits per heavy atom. The van der Waals surface area contributed by atoms with Crippen molar-refractivity contribution >= 4 is 21.6 Å². The first-order valence-electron chi connectivity index (χ1n) is 9.97. The van der Waals surface area contributed by atoms with Gasteiger partial charge in [-0.1, -0.05) is 18.2 Å². The van der Waals surface area contributed by atoms with Crippen molar-refractivity contribution in [1.82, 2.24) is 14.1 Å². The van der Waals surface area contributed by atoms with E-state index in [4.69, 9.17) is 10.5 Å². The molecule has 5 rings (SSSR count). The van der Waals surface area contributed by atoms with Gasteiger partial charge in [0.1, 0.15) is 24.2 Å². The third kappa shape index (κ3) is 3.39. The van der Waals surface area contributed by atoms with Gasteiger partial charge in [0.2, 0.25) is 5.91 Å². The summed E-state index contributed by atoms with van der Waals surface area (Å²) in [5, 5.41) is 7.31. The second-order valence-electron chi connectivity index (χ2n) is 7.61. The molecule has 1 amide bonds. The van der Waals surface area contributed by atoms with Gasteiger partial charge in [0.25, 0.3) is 10.0 Å². The highest BCUT2D eigenvalue weighted by Crippen LogP contribution is 2.31. The Hall–Kier alpha value is -3.44. The number of anilines is 1. The summed E-state index contributed by atoms with van der Waals surface area (Å²) >= 11 is 0. The van der Waals surface area contributed by atoms with E-state index in [1.54, 1.807) is 12.1 Å². The average Bonchev–Trinajstić information content (AvgIpc) is 3.38. The Labute approximate surface area is 183 Å². The van der Waals surface area contributed by atoms with Gasteiger partial charge >= 0.3 is 0 Å². The number of nitrogens with one attached hydrogen (secondary N) is 1. The second kappa shape index (κ2) is 7.61. The minimum Gasteiger partial charge on any atom is -0.490 e. The zero-order chi connectivity index (χ0) is 22.5. The van der Waals surface area contributed by atoms with Crippen molar-refractivity contribution in [2.75, 3.05) is 18.5 Å². The molecule has 0 radical (unpaired) electrons. The Bertz CT molecular complexity index is 1300. The highest BCUT2D eigenvalue weighted by atomic mass is 32.2. The monoisotopic (exact) mass is 457 g/mol. The Morgan fingerprint density at radius 1 is 1.22 bits per heavy atom. The van der Waals surface area contributed by atoms with Crippen LogP contribution in [0.1, 0.15) is 22.9 Å². The molecule has 11 heteroatoms. The Kier molecular flexibility index (Phi) is 4.86. The number of nitrogens with zero attached hydrogens (tertiary/aromatic N) is 3. The van der Waals surface area contributed by atoms with Crippen molar-refractivity contribution in [3.8, 4) is 5.75 Å². The molecule has 1 aromatic heterocycles. The van der Waals surface area contributed by atoms with Crippen molar-refractivity contribution in [2.24, 2.45) is 5.73 Å². The molecular weight excluding hydrogens is 437 g/mol. The zero-order valence-electron chi connectivity index (χ0n) is 16.9. The Balaban J connectivity index is 1.35. The number of carbonyl (C=O) groups excluding carboxylic acids is 1. The summed E-state index contributed by atoms with van der Waals surface area (Å²) in [5.41, 5.74) is 7.76. The van der Waals surface area contributed by atoms with E-state index in [9.17, 15) is 17.6 Å². The first-order chi connectivity index (χ1) is 15.3. The van der Waals surface area contributed by atoms with Crippen LogP contribution in [0.3, 0.4) is 0 Å². The van der Waals surface area contributed by atoms with Gasteiger partial charge in [0, 0.05) is 30.4 Å². The third-order valence-electron chi connectivity index (χ3n) is 5.55. The molecular formula is C21H20FN5O4S. The van der Waals surface area contributed by atoms with Crippen LogP contribution in [0.25, 0.3) is 0 Å². The molecule has 3 aromatic rings. The molecule has 0 fully saturated rings. The summed E-state index contributed by atoms with van der Waals surface area (Å²) < 4.78 is 46.5. The molecule has 32 heavy (non-hydrogen) atoms. The molecule has 9 nitrogen and oxygen atoms in total. The number of fused-ring (bicyclic) bond motifs is 2. The topological polar surface area (TPSA) is 120 Å². The number of nitrogens with two attached hydrogens (primary N) is 1. The van der Waals surface area contributed by atoms with Gasteiger partial charge in [0.05, 0.1) is 22.8 Å². The molecule has 1 unspecified atom stereocenters. The molecule has 3 heterocycles. The number of halogens is 1. The van der Waals surface area contributed by atoms with Crippen molar-refractivity contribution in [3.63, 3.8) is 0 Å². The summed E-state index contributed by atoms with van der Waals surface area (Å²) in [7, 11) is -3.92. The lowest BCUT2D eigenvalue weighted by molar-refractivity contribution is -0.133. The Morgan fingerprint density at radius 3 is 2.81 bits per heavy atom. The number of hydrogen-bond donors (Lipinski definition) is 2. The number of carbonyl (C=O) groups is 1. The number of rotatable bonds is 4. The number of hydrogen-bond acceptors (Lipinski definition) is 7. The lowest BCUT2D eigenvalue weighted by Gasteiger charge is -2.21. The average molecular weight is 457 g/mol. The third-order valence-corrected chi connectivity index (χ3v) is 7.08. The maximum atomic E-state index is 14.0. The molecule has 0 aliphatic carbocycles. The van der Waals surface area contributed by atoms with E-state index in [-0.39, 0.29) is 23.5 Å². The quantitative estimate of drug-likeness (QED) is 0.611. The number of aromatic nitrogens is 2. The first kappa shape index (κ1) is 20.5. The summed E-state index contributed by atoms with van der Waals surface area (Å²) in [5.74, 6) is -0.409. The van der Waals surface area contributed by atoms with Crippen LogP contribution in [-0.2, 0) is 27.9 Å². The molecule has 0 bridgehead atoms. The van der Waals surface area contributed by atoms with Crippen LogP contribution in [-0.4, -0.2) is 41.6 Å². The molecule has 2 aliphatic rings. The lowest BCUT2D eigenvalue weighted by atomic mass is 10.1. The van der Waals surface area contributed by atoms with Crippen molar-refractivity contribution < 1.29 is 22.3 Å². The fourth-order valence-electron chi connectivity index (χ4n) is 3.85. The lowest BCUT2D eigenvalue weighted by Crippen LogP contribution is -2.35. The van der Waals surface area contributed by atoms with Gasteiger partial charge in [0.15, 0.2) is 0 Å². The zero-order valence-corrected chi connectivity index (χ0v) is 17.7. The molecule has 2 aromatic carbocycles. The van der Waals surface area contributed by atoms with E-state index in [1.165, 1.54) is 41.4 Å². The summed E-state index contributed by atoms with van der Waals surface area (Å²) in [4.78, 5) is 14.3. The summed E-state index contributed by atoms with van der Waals surface area (Å²) in [6.07, 6.45) is 1.40. The van der Waals surface area contributed by atoms with Gasteiger partial charge in [-0.25, -0.2) is 4.39 Å². The molecule has 1 atom stereocenters. The highest BCUT2D eigenvalue weighted by Gasteiger charge is 2.33. The number of benzene rings is 2. The first-order valence-corrected chi connectivity index (χ1v) is 11.4. The number of amides is 1. The van der Waals surface area contributed by atoms with Crippen molar-refractivity contribution in [2.45, 2.75) is 24.0 Å². The summed E-state index contributed by atoms with van der Waals surface area (Å²) in [6, 6.07) is 9.30. The van der Waals surface area contributed by atoms with Gasteiger partial charge in [-0.15, -0.1) is 0 Å². The maximum absolute atomic E-state index is 14.0. The SMILES string of the molecule is NC(C(=O)N1Cc2cn(S(=O)(=O)c3ccc4c(c3)NCCO4)nc2C1)c1ccccc1F. The van der Waals surface area contributed by atoms with Crippen LogP contribution in [0.2, 0.25) is 0 Å². The predicted molar refractivity (Wildman–Crippen MR) is 113 cm³/mol. The van der Waals surface area contributed by atoms with Crippen LogP contribution < -0.4 is 15.8 Å². The van der Waals surface area contributed by atoms with Crippen LogP contribution in [0.4, 0.5) is 10.1 Å². The molecule has 3 N–H and O–H groups in total. The number of ether oxygens (including phenoxy) is 1.